The summed E-state index contributed by atoms with van der Waals surface area (Å²) in [5, 5.41) is 14.8. The number of thioether (sulfide) groups is 1. The number of amides is 2. The zero-order chi connectivity index (χ0) is 22.2. The van der Waals surface area contributed by atoms with Crippen molar-refractivity contribution in [2.24, 2.45) is 11.8 Å². The molecule has 32 heavy (non-hydrogen) atoms. The van der Waals surface area contributed by atoms with Gasteiger partial charge in [-0.25, -0.2) is 9.78 Å². The number of hydrogen-bond donors (Lipinski definition) is 2. The standard InChI is InChI=1S/C21H24N8OS2/c1-3-31-20-25-19(32-27-20)26-21(30)29-10-12-6-15(7-13(12)11-29)28(2)17-14(8-22)9-24-18-16(17)4-5-23-18/h4-5,9,12-13,15H,3,6-7,10-11H2,1-2H3,(H,23,24)(H,25,26,27,30)/t12-,13+,15?. The molecule has 1 unspecified atom stereocenters. The average Bonchev–Trinajstić information content (AvgIpc) is 3.55. The number of nitrogens with one attached hydrogen (secondary N) is 2. The first-order valence-electron chi connectivity index (χ1n) is 10.7. The number of hydrogen-bond acceptors (Lipinski definition) is 8. The highest BCUT2D eigenvalue weighted by Crippen LogP contribution is 2.42. The number of likely N-dealkylation sites (tertiary alicyclic amines) is 1. The van der Waals surface area contributed by atoms with E-state index in [2.05, 4.69) is 42.7 Å². The number of aromatic amines is 1. The lowest BCUT2D eigenvalue weighted by Gasteiger charge is -2.29. The molecule has 1 saturated heterocycles. The van der Waals surface area contributed by atoms with Gasteiger partial charge in [-0.1, -0.05) is 18.7 Å². The van der Waals surface area contributed by atoms with Gasteiger partial charge in [0.15, 0.2) is 0 Å². The summed E-state index contributed by atoms with van der Waals surface area (Å²) in [4.78, 5) is 28.7. The fraction of sp³-hybridized carbons (Fsp3) is 0.476. The molecular weight excluding hydrogens is 444 g/mol. The Bertz CT molecular complexity index is 1170. The van der Waals surface area contributed by atoms with Gasteiger partial charge in [-0.2, -0.15) is 14.6 Å². The molecule has 166 valence electrons. The minimum absolute atomic E-state index is 0.0940. The third-order valence-corrected chi connectivity index (χ3v) is 7.96. The number of pyridine rings is 1. The molecule has 1 aliphatic heterocycles. The molecule has 3 atom stereocenters. The van der Waals surface area contributed by atoms with E-state index in [0.717, 1.165) is 48.4 Å². The van der Waals surface area contributed by atoms with Crippen LogP contribution in [0.3, 0.4) is 0 Å². The Labute approximate surface area is 194 Å². The fourth-order valence-electron chi connectivity index (χ4n) is 5.01. The van der Waals surface area contributed by atoms with Gasteiger partial charge in [0.1, 0.15) is 11.7 Å². The van der Waals surface area contributed by atoms with Gasteiger partial charge in [0, 0.05) is 55.5 Å². The van der Waals surface area contributed by atoms with E-state index in [0.29, 0.717) is 33.7 Å². The Balaban J connectivity index is 1.24. The van der Waals surface area contributed by atoms with Gasteiger partial charge in [0.2, 0.25) is 10.3 Å². The number of H-pyrrole nitrogens is 1. The quantitative estimate of drug-likeness (QED) is 0.548. The molecule has 0 radical (unpaired) electrons. The number of rotatable bonds is 5. The molecule has 0 bridgehead atoms. The summed E-state index contributed by atoms with van der Waals surface area (Å²) >= 11 is 2.79. The Hall–Kier alpha value is -2.84. The number of fused-ring (bicyclic) bond motifs is 2. The molecule has 5 rings (SSSR count). The summed E-state index contributed by atoms with van der Waals surface area (Å²) in [6.07, 6.45) is 5.50. The molecule has 2 N–H and O–H groups in total. The van der Waals surface area contributed by atoms with Crippen LogP contribution < -0.4 is 10.2 Å². The fourth-order valence-corrected chi connectivity index (χ4v) is 6.27. The summed E-state index contributed by atoms with van der Waals surface area (Å²) in [6.45, 7) is 3.54. The number of aromatic nitrogens is 4. The molecule has 0 spiro atoms. The third-order valence-electron chi connectivity index (χ3n) is 6.49. The third kappa shape index (κ3) is 3.78. The number of anilines is 2. The monoisotopic (exact) mass is 468 g/mol. The highest BCUT2D eigenvalue weighted by Gasteiger charge is 2.44. The van der Waals surface area contributed by atoms with E-state index in [9.17, 15) is 10.1 Å². The minimum Gasteiger partial charge on any atom is -0.370 e. The molecule has 3 aromatic heterocycles. The van der Waals surface area contributed by atoms with Crippen LogP contribution in [0.5, 0.6) is 0 Å². The summed E-state index contributed by atoms with van der Waals surface area (Å²) in [7, 11) is 2.07. The number of nitriles is 1. The maximum atomic E-state index is 12.7. The van der Waals surface area contributed by atoms with Crippen LogP contribution in [0.4, 0.5) is 15.6 Å². The van der Waals surface area contributed by atoms with Gasteiger partial charge in [0.25, 0.3) is 0 Å². The predicted molar refractivity (Wildman–Crippen MR) is 126 cm³/mol. The summed E-state index contributed by atoms with van der Waals surface area (Å²) in [6, 6.07) is 4.52. The molecule has 2 aliphatic rings. The highest BCUT2D eigenvalue weighted by atomic mass is 32.2. The summed E-state index contributed by atoms with van der Waals surface area (Å²) in [5.41, 5.74) is 2.33. The molecule has 11 heteroatoms. The van der Waals surface area contributed by atoms with Gasteiger partial charge < -0.3 is 14.8 Å². The number of carbonyl (C=O) groups is 1. The van der Waals surface area contributed by atoms with Crippen LogP contribution in [-0.2, 0) is 0 Å². The first-order chi connectivity index (χ1) is 15.6. The van der Waals surface area contributed by atoms with Crippen LogP contribution in [0.15, 0.2) is 23.6 Å². The largest absolute Gasteiger partial charge is 0.370 e. The highest BCUT2D eigenvalue weighted by molar-refractivity contribution is 7.99. The Morgan fingerprint density at radius 1 is 1.44 bits per heavy atom. The number of nitrogens with zero attached hydrogens (tertiary/aromatic N) is 6. The molecule has 3 aromatic rings. The van der Waals surface area contributed by atoms with Crippen molar-refractivity contribution in [3.63, 3.8) is 0 Å². The van der Waals surface area contributed by atoms with E-state index in [1.165, 1.54) is 11.5 Å². The minimum atomic E-state index is -0.0940. The predicted octanol–water partition coefficient (Wildman–Crippen LogP) is 3.78. The SMILES string of the molecule is CCSc1nsc(NC(=O)N2C[C@H]3CC(N(C)c4c(C#N)cnc5[nH]ccc45)C[C@H]3C2)n1. The van der Waals surface area contributed by atoms with E-state index in [1.54, 1.807) is 18.0 Å². The van der Waals surface area contributed by atoms with Crippen molar-refractivity contribution >= 4 is 51.2 Å². The molecule has 1 saturated carbocycles. The van der Waals surface area contributed by atoms with Crippen LogP contribution in [0.2, 0.25) is 0 Å². The van der Waals surface area contributed by atoms with Crippen molar-refractivity contribution in [2.45, 2.75) is 31.0 Å². The lowest BCUT2D eigenvalue weighted by Crippen LogP contribution is -2.36. The van der Waals surface area contributed by atoms with Crippen molar-refractivity contribution in [2.75, 3.05) is 36.1 Å². The summed E-state index contributed by atoms with van der Waals surface area (Å²) in [5.74, 6) is 1.83. The zero-order valence-electron chi connectivity index (χ0n) is 17.9. The van der Waals surface area contributed by atoms with Crippen molar-refractivity contribution in [1.82, 2.24) is 24.2 Å². The normalized spacial score (nSPS) is 22.2. The van der Waals surface area contributed by atoms with Gasteiger partial charge >= 0.3 is 6.03 Å². The smallest absolute Gasteiger partial charge is 0.323 e. The van der Waals surface area contributed by atoms with Crippen LogP contribution in [-0.4, -0.2) is 62.2 Å². The number of urea groups is 1. The van der Waals surface area contributed by atoms with Crippen LogP contribution in [0, 0.1) is 23.2 Å². The van der Waals surface area contributed by atoms with E-state index in [4.69, 9.17) is 0 Å². The molecule has 1 aliphatic carbocycles. The van der Waals surface area contributed by atoms with E-state index < -0.39 is 0 Å². The molecule has 0 aromatic carbocycles. The molecular formula is C21H24N8OS2. The van der Waals surface area contributed by atoms with Crippen molar-refractivity contribution in [3.05, 3.63) is 24.0 Å². The summed E-state index contributed by atoms with van der Waals surface area (Å²) < 4.78 is 4.26. The van der Waals surface area contributed by atoms with Crippen molar-refractivity contribution in [1.29, 1.82) is 5.26 Å². The lowest BCUT2D eigenvalue weighted by molar-refractivity contribution is 0.218. The molecule has 4 heterocycles. The van der Waals surface area contributed by atoms with Crippen LogP contribution in [0.25, 0.3) is 11.0 Å². The number of carbonyl (C=O) groups excluding carboxylic acids is 1. The van der Waals surface area contributed by atoms with Crippen molar-refractivity contribution < 1.29 is 4.79 Å². The van der Waals surface area contributed by atoms with E-state index in [-0.39, 0.29) is 6.03 Å². The maximum Gasteiger partial charge on any atom is 0.323 e. The van der Waals surface area contributed by atoms with Crippen molar-refractivity contribution in [3.8, 4) is 6.07 Å². The second-order valence-electron chi connectivity index (χ2n) is 8.28. The second-order valence-corrected chi connectivity index (χ2v) is 10.3. The Morgan fingerprint density at radius 3 is 2.94 bits per heavy atom. The first-order valence-corrected chi connectivity index (χ1v) is 12.4. The Morgan fingerprint density at radius 2 is 2.22 bits per heavy atom. The van der Waals surface area contributed by atoms with Gasteiger partial charge in [-0.3, -0.25) is 5.32 Å². The van der Waals surface area contributed by atoms with Crippen LogP contribution >= 0.6 is 23.3 Å². The molecule has 2 amide bonds. The van der Waals surface area contributed by atoms with E-state index in [1.807, 2.05) is 24.1 Å². The average molecular weight is 469 g/mol. The van der Waals surface area contributed by atoms with E-state index >= 15 is 0 Å². The molecule has 2 fully saturated rings. The topological polar surface area (TPSA) is 114 Å². The zero-order valence-corrected chi connectivity index (χ0v) is 19.5. The van der Waals surface area contributed by atoms with Gasteiger partial charge in [0.05, 0.1) is 11.3 Å². The first kappa shape index (κ1) is 21.0. The van der Waals surface area contributed by atoms with Gasteiger partial charge in [-0.05, 0) is 36.5 Å². The maximum absolute atomic E-state index is 12.7. The van der Waals surface area contributed by atoms with Crippen LogP contribution in [0.1, 0.15) is 25.3 Å². The molecule has 9 nitrogen and oxygen atoms in total. The lowest BCUT2D eigenvalue weighted by atomic mass is 10.0. The Kier molecular flexibility index (Phi) is 5.65. The van der Waals surface area contributed by atoms with Gasteiger partial charge in [-0.15, -0.1) is 0 Å². The second kappa shape index (κ2) is 8.60.